The van der Waals surface area contributed by atoms with Crippen LogP contribution in [-0.4, -0.2) is 39.7 Å². The SMILES string of the molecule is Cc1ccccc1-n1nc(C(C)(C)C)cc1NC(=O)CN(CCC(C)C)C(=O)Nc1ccc(Cl)c(Cl)c1. The minimum Gasteiger partial charge on any atom is -0.315 e. The number of carbonyl (C=O) groups is 2. The van der Waals surface area contributed by atoms with E-state index in [2.05, 4.69) is 45.3 Å². The van der Waals surface area contributed by atoms with Crippen LogP contribution in [0.25, 0.3) is 5.69 Å². The zero-order chi connectivity index (χ0) is 27.3. The van der Waals surface area contributed by atoms with Crippen molar-refractivity contribution in [3.8, 4) is 5.69 Å². The van der Waals surface area contributed by atoms with Gasteiger partial charge in [0.05, 0.1) is 21.4 Å². The molecular formula is C28H35Cl2N5O2. The second-order valence-corrected chi connectivity index (χ2v) is 11.4. The minimum absolute atomic E-state index is 0.121. The second kappa shape index (κ2) is 12.0. The van der Waals surface area contributed by atoms with Gasteiger partial charge in [0.15, 0.2) is 0 Å². The van der Waals surface area contributed by atoms with E-state index in [1.165, 1.54) is 4.90 Å². The summed E-state index contributed by atoms with van der Waals surface area (Å²) in [5.41, 5.74) is 3.04. The highest BCUT2D eigenvalue weighted by atomic mass is 35.5. The quantitative estimate of drug-likeness (QED) is 0.312. The van der Waals surface area contributed by atoms with Gasteiger partial charge >= 0.3 is 6.03 Å². The van der Waals surface area contributed by atoms with Crippen LogP contribution in [0.3, 0.4) is 0 Å². The van der Waals surface area contributed by atoms with Crippen molar-refractivity contribution in [3.05, 3.63) is 69.8 Å². The normalized spacial score (nSPS) is 11.5. The topological polar surface area (TPSA) is 79.3 Å². The monoisotopic (exact) mass is 543 g/mol. The molecule has 3 aromatic rings. The molecule has 0 radical (unpaired) electrons. The van der Waals surface area contributed by atoms with Gasteiger partial charge in [-0.1, -0.05) is 76.0 Å². The Balaban J connectivity index is 1.83. The molecule has 0 unspecified atom stereocenters. The van der Waals surface area contributed by atoms with E-state index < -0.39 is 6.03 Å². The van der Waals surface area contributed by atoms with E-state index in [-0.39, 0.29) is 17.9 Å². The third-order valence-corrected chi connectivity index (χ3v) is 6.60. The number of para-hydroxylation sites is 1. The number of anilines is 2. The second-order valence-electron chi connectivity index (χ2n) is 10.6. The molecule has 1 heterocycles. The Kier molecular flexibility index (Phi) is 9.26. The van der Waals surface area contributed by atoms with Crippen LogP contribution in [0.15, 0.2) is 48.5 Å². The number of rotatable bonds is 8. The van der Waals surface area contributed by atoms with Crippen molar-refractivity contribution in [3.63, 3.8) is 0 Å². The molecule has 7 nitrogen and oxygen atoms in total. The maximum Gasteiger partial charge on any atom is 0.322 e. The van der Waals surface area contributed by atoms with Gasteiger partial charge in [0.1, 0.15) is 12.4 Å². The molecule has 0 fully saturated rings. The van der Waals surface area contributed by atoms with Gasteiger partial charge in [-0.05, 0) is 49.1 Å². The maximum absolute atomic E-state index is 13.2. The van der Waals surface area contributed by atoms with Crippen molar-refractivity contribution in [1.82, 2.24) is 14.7 Å². The maximum atomic E-state index is 13.2. The fraction of sp³-hybridized carbons (Fsp3) is 0.393. The molecule has 0 spiro atoms. The van der Waals surface area contributed by atoms with Gasteiger partial charge < -0.3 is 15.5 Å². The van der Waals surface area contributed by atoms with Gasteiger partial charge in [0.2, 0.25) is 5.91 Å². The van der Waals surface area contributed by atoms with Gasteiger partial charge in [-0.15, -0.1) is 0 Å². The summed E-state index contributed by atoms with van der Waals surface area (Å²) in [7, 11) is 0. The lowest BCUT2D eigenvalue weighted by Crippen LogP contribution is -2.41. The van der Waals surface area contributed by atoms with Crippen LogP contribution in [-0.2, 0) is 10.2 Å². The molecule has 0 atom stereocenters. The summed E-state index contributed by atoms with van der Waals surface area (Å²) >= 11 is 12.1. The highest BCUT2D eigenvalue weighted by Crippen LogP contribution is 2.28. The van der Waals surface area contributed by atoms with Crippen molar-refractivity contribution in [2.45, 2.75) is 53.4 Å². The predicted octanol–water partition coefficient (Wildman–Crippen LogP) is 7.30. The average molecular weight is 545 g/mol. The number of nitrogens with one attached hydrogen (secondary N) is 2. The highest BCUT2D eigenvalue weighted by molar-refractivity contribution is 6.42. The Bertz CT molecular complexity index is 1260. The van der Waals surface area contributed by atoms with E-state index in [1.807, 2.05) is 37.3 Å². The smallest absolute Gasteiger partial charge is 0.315 e. The molecule has 3 rings (SSSR count). The van der Waals surface area contributed by atoms with E-state index in [0.29, 0.717) is 34.0 Å². The highest BCUT2D eigenvalue weighted by Gasteiger charge is 2.24. The standard InChI is InChI=1S/C28H35Cl2N5O2/c1-18(2)13-14-34(27(37)31-20-11-12-21(29)22(30)15-20)17-26(36)32-25-16-24(28(4,5)6)33-35(25)23-10-8-7-9-19(23)3/h7-12,15-16,18H,13-14,17H2,1-6H3,(H,31,37)(H,32,36). The summed E-state index contributed by atoms with van der Waals surface area (Å²) in [6, 6.07) is 14.2. The van der Waals surface area contributed by atoms with Crippen LogP contribution in [0.1, 0.15) is 52.3 Å². The summed E-state index contributed by atoms with van der Waals surface area (Å²) in [5.74, 6) is 0.598. The Labute approximate surface area is 229 Å². The van der Waals surface area contributed by atoms with E-state index >= 15 is 0 Å². The number of hydrogen-bond acceptors (Lipinski definition) is 3. The van der Waals surface area contributed by atoms with E-state index in [0.717, 1.165) is 23.4 Å². The fourth-order valence-corrected chi connectivity index (χ4v) is 3.92. The molecule has 2 aromatic carbocycles. The molecular weight excluding hydrogens is 509 g/mol. The van der Waals surface area contributed by atoms with Crippen molar-refractivity contribution in [1.29, 1.82) is 0 Å². The molecule has 0 saturated carbocycles. The van der Waals surface area contributed by atoms with Crippen LogP contribution >= 0.6 is 23.2 Å². The molecule has 0 aliphatic carbocycles. The van der Waals surface area contributed by atoms with Crippen LogP contribution in [0, 0.1) is 12.8 Å². The third-order valence-electron chi connectivity index (χ3n) is 5.86. The minimum atomic E-state index is -0.392. The number of urea groups is 1. The summed E-state index contributed by atoms with van der Waals surface area (Å²) < 4.78 is 1.75. The largest absolute Gasteiger partial charge is 0.322 e. The van der Waals surface area contributed by atoms with Crippen molar-refractivity contribution in [2.75, 3.05) is 23.7 Å². The van der Waals surface area contributed by atoms with Crippen molar-refractivity contribution in [2.24, 2.45) is 5.92 Å². The summed E-state index contributed by atoms with van der Waals surface area (Å²) in [5, 5.41) is 11.3. The molecule has 0 aliphatic heterocycles. The predicted molar refractivity (Wildman–Crippen MR) is 152 cm³/mol. The number of halogens is 2. The first-order valence-corrected chi connectivity index (χ1v) is 13.1. The van der Waals surface area contributed by atoms with Gasteiger partial charge in [0, 0.05) is 23.7 Å². The summed E-state index contributed by atoms with van der Waals surface area (Å²) in [6.45, 7) is 12.7. The first-order valence-electron chi connectivity index (χ1n) is 12.3. The number of carbonyl (C=O) groups excluding carboxylic acids is 2. The zero-order valence-electron chi connectivity index (χ0n) is 22.2. The number of hydrogen-bond donors (Lipinski definition) is 2. The van der Waals surface area contributed by atoms with Crippen LogP contribution in [0.4, 0.5) is 16.3 Å². The lowest BCUT2D eigenvalue weighted by molar-refractivity contribution is -0.116. The zero-order valence-corrected chi connectivity index (χ0v) is 23.7. The molecule has 198 valence electrons. The molecule has 0 saturated heterocycles. The molecule has 3 amide bonds. The first kappa shape index (κ1) is 28.5. The molecule has 0 bridgehead atoms. The van der Waals surface area contributed by atoms with Gasteiger partial charge in [0.25, 0.3) is 0 Å². The summed E-state index contributed by atoms with van der Waals surface area (Å²) in [6.07, 6.45) is 0.747. The number of amides is 3. The van der Waals surface area contributed by atoms with E-state index in [4.69, 9.17) is 28.3 Å². The van der Waals surface area contributed by atoms with E-state index in [9.17, 15) is 9.59 Å². The number of aromatic nitrogens is 2. The lowest BCUT2D eigenvalue weighted by atomic mass is 9.92. The number of benzene rings is 2. The van der Waals surface area contributed by atoms with Crippen molar-refractivity contribution < 1.29 is 9.59 Å². The molecule has 1 aromatic heterocycles. The van der Waals surface area contributed by atoms with Crippen LogP contribution < -0.4 is 10.6 Å². The number of aryl methyl sites for hydroxylation is 1. The Morgan fingerprint density at radius 1 is 1.03 bits per heavy atom. The molecule has 0 aliphatic rings. The van der Waals surface area contributed by atoms with Crippen molar-refractivity contribution >= 4 is 46.6 Å². The third kappa shape index (κ3) is 7.73. The average Bonchev–Trinajstić information content (AvgIpc) is 3.23. The lowest BCUT2D eigenvalue weighted by Gasteiger charge is -2.24. The molecule has 37 heavy (non-hydrogen) atoms. The molecule has 2 N–H and O–H groups in total. The van der Waals surface area contributed by atoms with Crippen LogP contribution in [0.5, 0.6) is 0 Å². The summed E-state index contributed by atoms with van der Waals surface area (Å²) in [4.78, 5) is 27.9. The van der Waals surface area contributed by atoms with Crippen LogP contribution in [0.2, 0.25) is 10.0 Å². The van der Waals surface area contributed by atoms with Gasteiger partial charge in [-0.25, -0.2) is 9.48 Å². The Morgan fingerprint density at radius 3 is 2.35 bits per heavy atom. The Hall–Kier alpha value is -3.03. The van der Waals surface area contributed by atoms with Gasteiger partial charge in [-0.3, -0.25) is 4.79 Å². The first-order chi connectivity index (χ1) is 17.3. The molecule has 9 heteroatoms. The fourth-order valence-electron chi connectivity index (χ4n) is 3.62. The Morgan fingerprint density at radius 2 is 1.73 bits per heavy atom. The number of nitrogens with zero attached hydrogens (tertiary/aromatic N) is 3. The van der Waals surface area contributed by atoms with E-state index in [1.54, 1.807) is 22.9 Å². The van der Waals surface area contributed by atoms with Gasteiger partial charge in [-0.2, -0.15) is 5.10 Å².